The van der Waals surface area contributed by atoms with Crippen molar-refractivity contribution in [3.63, 3.8) is 0 Å². The van der Waals surface area contributed by atoms with Gasteiger partial charge in [-0.3, -0.25) is 4.99 Å². The molecule has 7 heteroatoms. The Kier molecular flexibility index (Phi) is 11.3. The first-order valence-corrected chi connectivity index (χ1v) is 11.0. The Labute approximate surface area is 209 Å². The molecule has 1 aliphatic heterocycles. The zero-order valence-electron chi connectivity index (χ0n) is 19.5. The van der Waals surface area contributed by atoms with Crippen LogP contribution in [-0.4, -0.2) is 39.4 Å². The number of rotatable bonds is 8. The third-order valence-electron chi connectivity index (χ3n) is 5.53. The van der Waals surface area contributed by atoms with Crippen molar-refractivity contribution in [2.24, 2.45) is 4.99 Å². The van der Waals surface area contributed by atoms with E-state index in [1.807, 2.05) is 6.07 Å². The van der Waals surface area contributed by atoms with Crippen LogP contribution >= 0.6 is 24.0 Å². The lowest BCUT2D eigenvalue weighted by Gasteiger charge is -2.22. The monoisotopic (exact) mass is 553 g/mol. The second-order valence-electron chi connectivity index (χ2n) is 7.98. The minimum Gasteiger partial charge on any atom is -0.496 e. The first-order chi connectivity index (χ1) is 15.1. The molecule has 1 unspecified atom stereocenters. The minimum atomic E-state index is 0. The summed E-state index contributed by atoms with van der Waals surface area (Å²) >= 11 is 0. The maximum atomic E-state index is 6.06. The summed E-state index contributed by atoms with van der Waals surface area (Å²) in [6.07, 6.45) is 2.26. The first kappa shape index (κ1) is 26.4. The second-order valence-corrected chi connectivity index (χ2v) is 7.98. The molecule has 0 aliphatic carbocycles. The molecule has 1 aliphatic rings. The fourth-order valence-corrected chi connectivity index (χ4v) is 3.74. The first-order valence-electron chi connectivity index (χ1n) is 11.0. The van der Waals surface area contributed by atoms with Crippen molar-refractivity contribution in [1.29, 1.82) is 0 Å². The van der Waals surface area contributed by atoms with Crippen LogP contribution in [0.25, 0.3) is 0 Å². The van der Waals surface area contributed by atoms with Gasteiger partial charge >= 0.3 is 0 Å². The molecule has 32 heavy (non-hydrogen) atoms. The van der Waals surface area contributed by atoms with Gasteiger partial charge in [0, 0.05) is 32.4 Å². The van der Waals surface area contributed by atoms with Gasteiger partial charge in [-0.2, -0.15) is 0 Å². The van der Waals surface area contributed by atoms with Crippen LogP contribution in [0.2, 0.25) is 0 Å². The van der Waals surface area contributed by atoms with Gasteiger partial charge in [0.2, 0.25) is 0 Å². The van der Waals surface area contributed by atoms with E-state index in [9.17, 15) is 0 Å². The highest BCUT2D eigenvalue weighted by atomic mass is 127. The Bertz CT molecular complexity index is 869. The van der Waals surface area contributed by atoms with Crippen molar-refractivity contribution in [2.75, 3.05) is 27.4 Å². The van der Waals surface area contributed by atoms with Gasteiger partial charge in [0.25, 0.3) is 0 Å². The van der Waals surface area contributed by atoms with Crippen LogP contribution in [0, 0.1) is 6.92 Å². The van der Waals surface area contributed by atoms with Crippen molar-refractivity contribution >= 4 is 29.9 Å². The number of hydrogen-bond donors (Lipinski definition) is 2. The van der Waals surface area contributed by atoms with Gasteiger partial charge < -0.3 is 24.8 Å². The standard InChI is InChI=1S/C25H35N3O3.HI/c1-18-8-9-24(29-4)23(14-18)19(2)28-25(26-3)27-16-20-6-5-7-21(15-20)17-31-22-10-12-30-13-11-22;/h5-9,14-15,19,22H,10-13,16-17H2,1-4H3,(H2,26,27,28);1H. The largest absolute Gasteiger partial charge is 0.496 e. The number of hydrogen-bond acceptors (Lipinski definition) is 4. The van der Waals surface area contributed by atoms with Gasteiger partial charge in [-0.15, -0.1) is 24.0 Å². The van der Waals surface area contributed by atoms with E-state index in [0.29, 0.717) is 19.3 Å². The predicted octanol–water partition coefficient (Wildman–Crippen LogP) is 4.74. The maximum absolute atomic E-state index is 6.06. The molecule has 0 aromatic heterocycles. The Hall–Kier alpha value is -1.84. The van der Waals surface area contributed by atoms with Gasteiger partial charge in [0.15, 0.2) is 5.96 Å². The number of nitrogens with zero attached hydrogens (tertiary/aromatic N) is 1. The average Bonchev–Trinajstić information content (AvgIpc) is 2.81. The van der Waals surface area contributed by atoms with E-state index in [-0.39, 0.29) is 30.0 Å². The van der Waals surface area contributed by atoms with Crippen LogP contribution < -0.4 is 15.4 Å². The number of guanidine groups is 1. The van der Waals surface area contributed by atoms with Gasteiger partial charge in [0.1, 0.15) is 5.75 Å². The molecule has 176 valence electrons. The number of benzene rings is 2. The Balaban J connectivity index is 0.00000363. The highest BCUT2D eigenvalue weighted by Gasteiger charge is 2.15. The topological polar surface area (TPSA) is 64.1 Å². The molecule has 2 N–H and O–H groups in total. The average molecular weight is 553 g/mol. The van der Waals surface area contributed by atoms with Crippen molar-refractivity contribution in [2.45, 2.75) is 52.0 Å². The van der Waals surface area contributed by atoms with Crippen molar-refractivity contribution in [3.8, 4) is 5.75 Å². The second kappa shape index (κ2) is 13.6. The summed E-state index contributed by atoms with van der Waals surface area (Å²) in [6.45, 7) is 7.11. The Morgan fingerprint density at radius 1 is 1.16 bits per heavy atom. The SMILES string of the molecule is CN=C(NCc1cccc(COC2CCOCC2)c1)NC(C)c1cc(C)ccc1OC.I. The van der Waals surface area contributed by atoms with Crippen LogP contribution in [0.15, 0.2) is 47.5 Å². The Morgan fingerprint density at radius 3 is 2.62 bits per heavy atom. The summed E-state index contributed by atoms with van der Waals surface area (Å²) in [5, 5.41) is 6.87. The zero-order valence-corrected chi connectivity index (χ0v) is 21.8. The minimum absolute atomic E-state index is 0. The quantitative estimate of drug-likeness (QED) is 0.281. The molecular weight excluding hydrogens is 517 g/mol. The number of methoxy groups -OCH3 is 1. The van der Waals surface area contributed by atoms with E-state index in [1.54, 1.807) is 14.2 Å². The maximum Gasteiger partial charge on any atom is 0.191 e. The summed E-state index contributed by atoms with van der Waals surface area (Å²) in [7, 11) is 3.49. The molecule has 1 fully saturated rings. The molecule has 0 radical (unpaired) electrons. The highest BCUT2D eigenvalue weighted by molar-refractivity contribution is 14.0. The fraction of sp³-hybridized carbons (Fsp3) is 0.480. The molecule has 2 aromatic carbocycles. The van der Waals surface area contributed by atoms with Crippen LogP contribution in [0.1, 0.15) is 48.1 Å². The molecule has 1 saturated heterocycles. The van der Waals surface area contributed by atoms with E-state index >= 15 is 0 Å². The van der Waals surface area contributed by atoms with Crippen LogP contribution in [0.4, 0.5) is 0 Å². The number of aliphatic imine (C=N–C) groups is 1. The lowest BCUT2D eigenvalue weighted by molar-refractivity contribution is -0.0390. The molecule has 2 aromatic rings. The lowest BCUT2D eigenvalue weighted by Crippen LogP contribution is -2.38. The third-order valence-corrected chi connectivity index (χ3v) is 5.53. The van der Waals surface area contributed by atoms with Crippen molar-refractivity contribution in [3.05, 3.63) is 64.7 Å². The number of ether oxygens (including phenoxy) is 3. The van der Waals surface area contributed by atoms with Crippen molar-refractivity contribution < 1.29 is 14.2 Å². The van der Waals surface area contributed by atoms with Crippen LogP contribution in [-0.2, 0) is 22.6 Å². The molecule has 3 rings (SSSR count). The zero-order chi connectivity index (χ0) is 22.1. The molecule has 1 heterocycles. The number of halogens is 1. The molecular formula is C25H36IN3O3. The van der Waals surface area contributed by atoms with Gasteiger partial charge in [-0.05, 0) is 43.9 Å². The van der Waals surface area contributed by atoms with Gasteiger partial charge in [0.05, 0.1) is 25.9 Å². The molecule has 0 saturated carbocycles. The summed E-state index contributed by atoms with van der Waals surface area (Å²) < 4.78 is 17.0. The summed E-state index contributed by atoms with van der Waals surface area (Å²) in [5.74, 6) is 1.62. The van der Waals surface area contributed by atoms with Gasteiger partial charge in [-0.25, -0.2) is 0 Å². The molecule has 0 amide bonds. The van der Waals surface area contributed by atoms with E-state index in [2.05, 4.69) is 65.9 Å². The highest BCUT2D eigenvalue weighted by Crippen LogP contribution is 2.26. The van der Waals surface area contributed by atoms with E-state index in [1.165, 1.54) is 16.7 Å². The van der Waals surface area contributed by atoms with E-state index in [0.717, 1.165) is 43.3 Å². The predicted molar refractivity (Wildman–Crippen MR) is 140 cm³/mol. The molecule has 6 nitrogen and oxygen atoms in total. The molecule has 1 atom stereocenters. The third kappa shape index (κ3) is 7.94. The van der Waals surface area contributed by atoms with Gasteiger partial charge in [-0.1, -0.05) is 42.0 Å². The summed E-state index contributed by atoms with van der Waals surface area (Å²) in [4.78, 5) is 4.38. The molecule has 0 bridgehead atoms. The van der Waals surface area contributed by atoms with E-state index in [4.69, 9.17) is 14.2 Å². The van der Waals surface area contributed by atoms with Crippen LogP contribution in [0.3, 0.4) is 0 Å². The van der Waals surface area contributed by atoms with E-state index < -0.39 is 0 Å². The molecule has 0 spiro atoms. The number of nitrogens with one attached hydrogen (secondary N) is 2. The van der Waals surface area contributed by atoms with Crippen LogP contribution in [0.5, 0.6) is 5.75 Å². The fourth-order valence-electron chi connectivity index (χ4n) is 3.74. The Morgan fingerprint density at radius 2 is 1.91 bits per heavy atom. The van der Waals surface area contributed by atoms with Crippen molar-refractivity contribution in [1.82, 2.24) is 10.6 Å². The summed E-state index contributed by atoms with van der Waals surface area (Å²) in [6, 6.07) is 14.8. The lowest BCUT2D eigenvalue weighted by atomic mass is 10.0. The number of aryl methyl sites for hydroxylation is 1. The summed E-state index contributed by atoms with van der Waals surface area (Å²) in [5.41, 5.74) is 4.69. The normalized spacial score (nSPS) is 15.6. The smallest absolute Gasteiger partial charge is 0.191 e.